The Labute approximate surface area is 158 Å². The zero-order chi connectivity index (χ0) is 19.4. The molecule has 0 unspecified atom stereocenters. The van der Waals surface area contributed by atoms with Crippen LogP contribution in [0.4, 0.5) is 0 Å². The number of rotatable bonds is 5. The van der Waals surface area contributed by atoms with Crippen molar-refractivity contribution >= 4 is 17.6 Å². The van der Waals surface area contributed by atoms with Gasteiger partial charge in [0.05, 0.1) is 5.60 Å². The number of nitrogens with two attached hydrogens (primary N) is 1. The zero-order valence-electron chi connectivity index (χ0n) is 15.3. The van der Waals surface area contributed by atoms with Crippen LogP contribution in [-0.2, 0) is 9.53 Å². The highest BCUT2D eigenvalue weighted by atomic mass is 16.5. The number of likely N-dealkylation sites (tertiary alicyclic amines) is 1. The first-order valence-electron chi connectivity index (χ1n) is 9.20. The lowest BCUT2D eigenvalue weighted by Crippen LogP contribution is -2.59. The lowest BCUT2D eigenvalue weighted by Gasteiger charge is -2.47. The summed E-state index contributed by atoms with van der Waals surface area (Å²) in [5.74, 6) is -0.120. The zero-order valence-corrected chi connectivity index (χ0v) is 15.3. The molecule has 8 heteroatoms. The van der Waals surface area contributed by atoms with E-state index < -0.39 is 5.60 Å². The molecule has 2 amide bonds. The van der Waals surface area contributed by atoms with E-state index in [-0.39, 0.29) is 30.9 Å². The van der Waals surface area contributed by atoms with E-state index in [1.165, 1.54) is 0 Å². The Balaban J connectivity index is 1.60. The largest absolute Gasteiger partial charge is 0.396 e. The first-order valence-corrected chi connectivity index (χ1v) is 9.20. The van der Waals surface area contributed by atoms with E-state index in [2.05, 4.69) is 0 Å². The maximum absolute atomic E-state index is 12.7. The van der Waals surface area contributed by atoms with Crippen LogP contribution in [0, 0.1) is 5.41 Å². The molecule has 2 saturated heterocycles. The van der Waals surface area contributed by atoms with Crippen molar-refractivity contribution in [2.75, 3.05) is 39.4 Å². The van der Waals surface area contributed by atoms with E-state index >= 15 is 0 Å². The van der Waals surface area contributed by atoms with Crippen molar-refractivity contribution in [1.29, 1.82) is 5.41 Å². The van der Waals surface area contributed by atoms with Gasteiger partial charge in [0.1, 0.15) is 12.4 Å². The molecule has 27 heavy (non-hydrogen) atoms. The molecule has 4 N–H and O–H groups in total. The van der Waals surface area contributed by atoms with Gasteiger partial charge in [0.25, 0.3) is 5.91 Å². The summed E-state index contributed by atoms with van der Waals surface area (Å²) in [6.07, 6.45) is 1.91. The monoisotopic (exact) mass is 374 g/mol. The Hall–Kier alpha value is -2.45. The maximum atomic E-state index is 12.7. The van der Waals surface area contributed by atoms with Crippen LogP contribution in [0.1, 0.15) is 35.2 Å². The van der Waals surface area contributed by atoms with Crippen molar-refractivity contribution in [1.82, 2.24) is 9.80 Å². The van der Waals surface area contributed by atoms with Crippen molar-refractivity contribution in [3.05, 3.63) is 35.4 Å². The standard InChI is InChI=1S/C19H26N4O4/c20-17(21)14-2-4-15(5-3-14)18(26)22-9-6-19(7-10-22)13-23(8-1-11-24)16(25)12-27-19/h2-5,24H,1,6-13H2,(H3,20,21). The second-order valence-corrected chi connectivity index (χ2v) is 7.15. The number of benzene rings is 1. The first-order chi connectivity index (χ1) is 12.9. The predicted octanol–water partition coefficient (Wildman–Crippen LogP) is 0.187. The third-order valence-electron chi connectivity index (χ3n) is 5.32. The lowest BCUT2D eigenvalue weighted by atomic mass is 9.89. The molecular weight excluding hydrogens is 348 g/mol. The van der Waals surface area contributed by atoms with Crippen molar-refractivity contribution < 1.29 is 19.4 Å². The quantitative estimate of drug-likeness (QED) is 0.502. The number of nitrogens with zero attached hydrogens (tertiary/aromatic N) is 2. The highest BCUT2D eigenvalue weighted by molar-refractivity contribution is 5.98. The van der Waals surface area contributed by atoms with Crippen molar-refractivity contribution in [3.63, 3.8) is 0 Å². The second kappa shape index (κ2) is 8.06. The molecular formula is C19H26N4O4. The number of hydrogen-bond acceptors (Lipinski definition) is 5. The highest BCUT2D eigenvalue weighted by Crippen LogP contribution is 2.31. The van der Waals surface area contributed by atoms with E-state index in [0.717, 1.165) is 0 Å². The molecule has 0 aliphatic carbocycles. The number of hydrogen-bond donors (Lipinski definition) is 3. The van der Waals surface area contributed by atoms with Crippen LogP contribution >= 0.6 is 0 Å². The molecule has 146 valence electrons. The number of aliphatic hydroxyl groups is 1. The summed E-state index contributed by atoms with van der Waals surface area (Å²) in [5.41, 5.74) is 6.20. The molecule has 0 atom stereocenters. The fourth-order valence-corrected chi connectivity index (χ4v) is 3.65. The van der Waals surface area contributed by atoms with Crippen molar-refractivity contribution in [2.45, 2.75) is 24.9 Å². The van der Waals surface area contributed by atoms with Gasteiger partial charge >= 0.3 is 0 Å². The fraction of sp³-hybridized carbons (Fsp3) is 0.526. The number of morpholine rings is 1. The van der Waals surface area contributed by atoms with E-state index in [4.69, 9.17) is 21.0 Å². The molecule has 0 bridgehead atoms. The van der Waals surface area contributed by atoms with Gasteiger partial charge in [-0.05, 0) is 31.4 Å². The van der Waals surface area contributed by atoms with Gasteiger partial charge in [-0.2, -0.15) is 0 Å². The number of amidine groups is 1. The Morgan fingerprint density at radius 2 is 1.85 bits per heavy atom. The topological polar surface area (TPSA) is 120 Å². The van der Waals surface area contributed by atoms with Crippen LogP contribution in [0.3, 0.4) is 0 Å². The molecule has 0 aromatic heterocycles. The van der Waals surface area contributed by atoms with Crippen LogP contribution in [0.2, 0.25) is 0 Å². The number of aliphatic hydroxyl groups excluding tert-OH is 1. The minimum Gasteiger partial charge on any atom is -0.396 e. The van der Waals surface area contributed by atoms with Crippen molar-refractivity contribution in [3.8, 4) is 0 Å². The molecule has 0 saturated carbocycles. The number of ether oxygens (including phenoxy) is 1. The van der Waals surface area contributed by atoms with Gasteiger partial charge in [-0.3, -0.25) is 15.0 Å². The average molecular weight is 374 g/mol. The van der Waals surface area contributed by atoms with E-state index in [1.54, 1.807) is 34.1 Å². The van der Waals surface area contributed by atoms with E-state index in [1.807, 2.05) is 0 Å². The Kier molecular flexibility index (Phi) is 5.76. The van der Waals surface area contributed by atoms with Crippen LogP contribution in [0.5, 0.6) is 0 Å². The normalized spacial score (nSPS) is 19.4. The fourth-order valence-electron chi connectivity index (χ4n) is 3.65. The smallest absolute Gasteiger partial charge is 0.253 e. The first kappa shape index (κ1) is 19.3. The van der Waals surface area contributed by atoms with Crippen molar-refractivity contribution in [2.24, 2.45) is 5.73 Å². The molecule has 1 spiro atoms. The van der Waals surface area contributed by atoms with E-state index in [9.17, 15) is 9.59 Å². The maximum Gasteiger partial charge on any atom is 0.253 e. The number of nitrogens with one attached hydrogen (secondary N) is 1. The Morgan fingerprint density at radius 3 is 2.44 bits per heavy atom. The van der Waals surface area contributed by atoms with Crippen LogP contribution in [0.15, 0.2) is 24.3 Å². The third kappa shape index (κ3) is 4.28. The summed E-state index contributed by atoms with van der Waals surface area (Å²) in [7, 11) is 0. The number of amides is 2. The molecule has 1 aromatic rings. The van der Waals surface area contributed by atoms with Gasteiger partial charge in [-0.15, -0.1) is 0 Å². The third-order valence-corrected chi connectivity index (χ3v) is 5.32. The van der Waals surface area contributed by atoms with Gasteiger partial charge in [-0.1, -0.05) is 12.1 Å². The molecule has 2 heterocycles. The SMILES string of the molecule is N=C(N)c1ccc(C(=O)N2CCC3(CC2)CN(CCCO)C(=O)CO3)cc1. The van der Waals surface area contributed by atoms with Crippen LogP contribution in [0.25, 0.3) is 0 Å². The molecule has 2 aliphatic rings. The highest BCUT2D eigenvalue weighted by Gasteiger charge is 2.42. The summed E-state index contributed by atoms with van der Waals surface area (Å²) in [6.45, 7) is 2.30. The minimum absolute atomic E-state index is 0.0244. The summed E-state index contributed by atoms with van der Waals surface area (Å²) >= 11 is 0. The van der Waals surface area contributed by atoms with Gasteiger partial charge in [0.2, 0.25) is 5.91 Å². The molecule has 2 fully saturated rings. The van der Waals surface area contributed by atoms with Gasteiger partial charge in [0.15, 0.2) is 0 Å². The summed E-state index contributed by atoms with van der Waals surface area (Å²) in [4.78, 5) is 28.3. The van der Waals surface area contributed by atoms with Crippen LogP contribution in [-0.4, -0.2) is 77.6 Å². The van der Waals surface area contributed by atoms with Gasteiger partial charge in [-0.25, -0.2) is 0 Å². The Bertz CT molecular complexity index is 711. The van der Waals surface area contributed by atoms with Crippen LogP contribution < -0.4 is 5.73 Å². The lowest BCUT2D eigenvalue weighted by molar-refractivity contribution is -0.170. The minimum atomic E-state index is -0.404. The number of carbonyl (C=O) groups excluding carboxylic acids is 2. The van der Waals surface area contributed by atoms with E-state index in [0.29, 0.717) is 56.6 Å². The molecule has 3 rings (SSSR count). The summed E-state index contributed by atoms with van der Waals surface area (Å²) < 4.78 is 5.88. The average Bonchev–Trinajstić information content (AvgIpc) is 2.69. The number of piperidine rings is 1. The predicted molar refractivity (Wildman–Crippen MR) is 99.6 cm³/mol. The molecule has 1 aromatic carbocycles. The Morgan fingerprint density at radius 1 is 1.22 bits per heavy atom. The van der Waals surface area contributed by atoms with Gasteiger partial charge < -0.3 is 25.4 Å². The summed E-state index contributed by atoms with van der Waals surface area (Å²) in [6, 6.07) is 6.73. The second-order valence-electron chi connectivity index (χ2n) is 7.15. The number of carbonyl (C=O) groups is 2. The van der Waals surface area contributed by atoms with Gasteiger partial charge in [0, 0.05) is 43.9 Å². The molecule has 2 aliphatic heterocycles. The summed E-state index contributed by atoms with van der Waals surface area (Å²) in [5, 5.41) is 16.4. The molecule has 8 nitrogen and oxygen atoms in total. The molecule has 0 radical (unpaired) electrons. The number of nitrogen functional groups attached to an aromatic ring is 1.